The zero-order valence-electron chi connectivity index (χ0n) is 14.8. The third-order valence-corrected chi connectivity index (χ3v) is 4.43. The van der Waals surface area contributed by atoms with Gasteiger partial charge in [0.05, 0.1) is 22.1 Å². The van der Waals surface area contributed by atoms with Crippen molar-refractivity contribution in [1.82, 2.24) is 15.0 Å². The molecule has 3 rings (SSSR count). The number of aromatic nitrogens is 3. The van der Waals surface area contributed by atoms with Crippen LogP contribution in [0.2, 0.25) is 10.0 Å². The highest BCUT2D eigenvalue weighted by molar-refractivity contribution is 6.35. The average molecular weight is 440 g/mol. The molecule has 0 radical (unpaired) electrons. The molecule has 3 aromatic rings. The summed E-state index contributed by atoms with van der Waals surface area (Å²) in [4.78, 5) is 24.6. The van der Waals surface area contributed by atoms with Gasteiger partial charge in [-0.15, -0.1) is 5.10 Å². The Kier molecular flexibility index (Phi) is 6.09. The predicted molar refractivity (Wildman–Crippen MR) is 104 cm³/mol. The SMILES string of the molecule is Cc1c(C(=O)Nc2cc(Cl)ccc2Cl)nnn1CC(=O)Nc1cc(F)ccc1F. The maximum absolute atomic E-state index is 13.6. The van der Waals surface area contributed by atoms with Crippen LogP contribution in [-0.2, 0) is 11.3 Å². The van der Waals surface area contributed by atoms with E-state index in [1.807, 2.05) is 0 Å². The fourth-order valence-electron chi connectivity index (χ4n) is 2.41. The maximum Gasteiger partial charge on any atom is 0.278 e. The lowest BCUT2D eigenvalue weighted by Crippen LogP contribution is -2.21. The normalized spacial score (nSPS) is 10.7. The summed E-state index contributed by atoms with van der Waals surface area (Å²) in [6.45, 7) is 1.17. The lowest BCUT2D eigenvalue weighted by Gasteiger charge is -2.08. The fraction of sp³-hybridized carbons (Fsp3) is 0.111. The summed E-state index contributed by atoms with van der Waals surface area (Å²) < 4.78 is 28.0. The maximum atomic E-state index is 13.6. The number of nitrogens with one attached hydrogen (secondary N) is 2. The Morgan fingerprint density at radius 3 is 2.59 bits per heavy atom. The first-order valence-electron chi connectivity index (χ1n) is 8.16. The van der Waals surface area contributed by atoms with Gasteiger partial charge in [0.15, 0.2) is 5.69 Å². The smallest absolute Gasteiger partial charge is 0.278 e. The molecule has 0 saturated heterocycles. The Morgan fingerprint density at radius 1 is 1.07 bits per heavy atom. The van der Waals surface area contributed by atoms with Gasteiger partial charge in [-0.2, -0.15) is 0 Å². The topological polar surface area (TPSA) is 88.9 Å². The summed E-state index contributed by atoms with van der Waals surface area (Å²) in [5.41, 5.74) is 0.236. The zero-order valence-corrected chi connectivity index (χ0v) is 16.4. The number of anilines is 2. The van der Waals surface area contributed by atoms with Gasteiger partial charge in [-0.05, 0) is 37.3 Å². The van der Waals surface area contributed by atoms with Crippen LogP contribution in [-0.4, -0.2) is 26.8 Å². The summed E-state index contributed by atoms with van der Waals surface area (Å²) in [5, 5.41) is 13.0. The predicted octanol–water partition coefficient (Wildman–Crippen LogP) is 4.06. The van der Waals surface area contributed by atoms with E-state index in [9.17, 15) is 18.4 Å². The van der Waals surface area contributed by atoms with E-state index in [1.165, 1.54) is 19.1 Å². The number of hydrogen-bond acceptors (Lipinski definition) is 4. The Bertz CT molecular complexity index is 1100. The third kappa shape index (κ3) is 4.87. The highest BCUT2D eigenvalue weighted by Gasteiger charge is 2.19. The zero-order chi connectivity index (χ0) is 21.1. The Hall–Kier alpha value is -3.04. The Morgan fingerprint density at radius 2 is 1.83 bits per heavy atom. The molecular weight excluding hydrogens is 427 g/mol. The van der Waals surface area contributed by atoms with Crippen LogP contribution in [0.1, 0.15) is 16.2 Å². The van der Waals surface area contributed by atoms with E-state index in [4.69, 9.17) is 23.2 Å². The van der Waals surface area contributed by atoms with Gasteiger partial charge in [0.1, 0.15) is 18.2 Å². The first-order valence-corrected chi connectivity index (χ1v) is 8.91. The van der Waals surface area contributed by atoms with E-state index in [1.54, 1.807) is 6.07 Å². The molecule has 0 fully saturated rings. The lowest BCUT2D eigenvalue weighted by molar-refractivity contribution is -0.117. The largest absolute Gasteiger partial charge is 0.322 e. The summed E-state index contributed by atoms with van der Waals surface area (Å²) >= 11 is 11.9. The molecule has 2 amide bonds. The van der Waals surface area contributed by atoms with Crippen LogP contribution in [0.15, 0.2) is 36.4 Å². The van der Waals surface area contributed by atoms with Crippen molar-refractivity contribution in [1.29, 1.82) is 0 Å². The van der Waals surface area contributed by atoms with Gasteiger partial charge in [-0.25, -0.2) is 13.5 Å². The third-order valence-electron chi connectivity index (χ3n) is 3.87. The summed E-state index contributed by atoms with van der Waals surface area (Å²) in [6.07, 6.45) is 0. The average Bonchev–Trinajstić information content (AvgIpc) is 3.01. The summed E-state index contributed by atoms with van der Waals surface area (Å²) in [5.74, 6) is -2.76. The second kappa shape index (κ2) is 8.54. The van der Waals surface area contributed by atoms with Gasteiger partial charge >= 0.3 is 0 Å². The number of carbonyl (C=O) groups is 2. The first kappa shape index (κ1) is 20.7. The molecule has 1 heterocycles. The summed E-state index contributed by atoms with van der Waals surface area (Å²) in [6, 6.07) is 7.26. The molecule has 7 nitrogen and oxygen atoms in total. The molecule has 0 spiro atoms. The van der Waals surface area contributed by atoms with Crippen molar-refractivity contribution in [2.24, 2.45) is 0 Å². The van der Waals surface area contributed by atoms with E-state index >= 15 is 0 Å². The van der Waals surface area contributed by atoms with Crippen molar-refractivity contribution in [3.05, 3.63) is 69.5 Å². The first-order chi connectivity index (χ1) is 13.7. The van der Waals surface area contributed by atoms with Crippen molar-refractivity contribution in [3.8, 4) is 0 Å². The Labute approximate surface area is 173 Å². The van der Waals surface area contributed by atoms with Gasteiger partial charge in [-0.1, -0.05) is 28.4 Å². The molecule has 11 heteroatoms. The highest BCUT2D eigenvalue weighted by atomic mass is 35.5. The van der Waals surface area contributed by atoms with Crippen LogP contribution < -0.4 is 10.6 Å². The second-order valence-corrected chi connectivity index (χ2v) is 6.78. The molecule has 0 aliphatic heterocycles. The number of carbonyl (C=O) groups excluding carboxylic acids is 2. The fourth-order valence-corrected chi connectivity index (χ4v) is 2.75. The van der Waals surface area contributed by atoms with Crippen LogP contribution in [0, 0.1) is 18.6 Å². The molecule has 0 atom stereocenters. The van der Waals surface area contributed by atoms with E-state index in [0.717, 1.165) is 22.9 Å². The van der Waals surface area contributed by atoms with E-state index < -0.39 is 23.4 Å². The number of hydrogen-bond donors (Lipinski definition) is 2. The molecule has 29 heavy (non-hydrogen) atoms. The molecule has 0 aliphatic rings. The minimum absolute atomic E-state index is 0.0363. The molecule has 1 aromatic heterocycles. The number of nitrogens with zero attached hydrogens (tertiary/aromatic N) is 3. The highest BCUT2D eigenvalue weighted by Crippen LogP contribution is 2.26. The number of halogens is 4. The van der Waals surface area contributed by atoms with Crippen LogP contribution >= 0.6 is 23.2 Å². The van der Waals surface area contributed by atoms with Crippen molar-refractivity contribution in [2.75, 3.05) is 10.6 Å². The van der Waals surface area contributed by atoms with Crippen molar-refractivity contribution in [2.45, 2.75) is 13.5 Å². The summed E-state index contributed by atoms with van der Waals surface area (Å²) in [7, 11) is 0. The number of amides is 2. The molecule has 0 aliphatic carbocycles. The molecular formula is C18H13Cl2F2N5O2. The Balaban J connectivity index is 1.71. The van der Waals surface area contributed by atoms with Crippen LogP contribution in [0.25, 0.3) is 0 Å². The van der Waals surface area contributed by atoms with Gasteiger partial charge < -0.3 is 10.6 Å². The molecule has 0 bridgehead atoms. The van der Waals surface area contributed by atoms with Crippen molar-refractivity contribution in [3.63, 3.8) is 0 Å². The van der Waals surface area contributed by atoms with Crippen molar-refractivity contribution >= 4 is 46.4 Å². The quantitative estimate of drug-likeness (QED) is 0.627. The van der Waals surface area contributed by atoms with Crippen LogP contribution in [0.3, 0.4) is 0 Å². The van der Waals surface area contributed by atoms with Gasteiger partial charge in [0.25, 0.3) is 5.91 Å². The van der Waals surface area contributed by atoms with Crippen molar-refractivity contribution < 1.29 is 18.4 Å². The molecule has 2 aromatic carbocycles. The second-order valence-electron chi connectivity index (χ2n) is 5.93. The molecule has 0 saturated carbocycles. The molecule has 0 unspecified atom stereocenters. The molecule has 150 valence electrons. The lowest BCUT2D eigenvalue weighted by atomic mass is 10.2. The van der Waals surface area contributed by atoms with Crippen LogP contribution in [0.5, 0.6) is 0 Å². The van der Waals surface area contributed by atoms with Gasteiger partial charge in [-0.3, -0.25) is 9.59 Å². The number of benzene rings is 2. The van der Waals surface area contributed by atoms with E-state index in [2.05, 4.69) is 20.9 Å². The van der Waals surface area contributed by atoms with Crippen LogP contribution in [0.4, 0.5) is 20.2 Å². The molecule has 2 N–H and O–H groups in total. The standard InChI is InChI=1S/C18H13Cl2F2N5O2/c1-9-17(18(29)24-14-6-10(19)2-4-12(14)20)25-26-27(9)8-16(28)23-15-7-11(21)3-5-13(15)22/h2-7H,8H2,1H3,(H,23,28)(H,24,29). The van der Waals surface area contributed by atoms with E-state index in [-0.39, 0.29) is 34.3 Å². The minimum Gasteiger partial charge on any atom is -0.322 e. The van der Waals surface area contributed by atoms with Gasteiger partial charge in [0.2, 0.25) is 5.91 Å². The number of rotatable bonds is 5. The van der Waals surface area contributed by atoms with E-state index in [0.29, 0.717) is 5.02 Å². The monoisotopic (exact) mass is 439 g/mol. The van der Waals surface area contributed by atoms with Gasteiger partial charge in [0, 0.05) is 11.1 Å². The minimum atomic E-state index is -0.784.